The largest absolute Gasteiger partial charge is 0.299 e. The number of nitrogens with zero attached hydrogens (tertiary/aromatic N) is 5. The predicted molar refractivity (Wildman–Crippen MR) is 91.2 cm³/mol. The first-order valence-electron chi connectivity index (χ1n) is 8.50. The van der Waals surface area contributed by atoms with Crippen molar-refractivity contribution in [2.24, 2.45) is 7.05 Å². The lowest BCUT2D eigenvalue weighted by molar-refractivity contribution is 0.257. The van der Waals surface area contributed by atoms with E-state index < -0.39 is 10.0 Å². The van der Waals surface area contributed by atoms with Crippen molar-refractivity contribution in [3.8, 4) is 0 Å². The highest BCUT2D eigenvalue weighted by molar-refractivity contribution is 7.89. The van der Waals surface area contributed by atoms with E-state index in [2.05, 4.69) is 15.0 Å². The fourth-order valence-corrected chi connectivity index (χ4v) is 5.46. The van der Waals surface area contributed by atoms with Crippen LogP contribution in [0.2, 0.25) is 0 Å². The molecule has 1 atom stereocenters. The molecule has 0 saturated carbocycles. The SMILES string of the molecule is Cc1nn(C)c2ncc(S(=O)(=O)N3CCCN4CCC[C@H]4C3)cc12. The van der Waals surface area contributed by atoms with Crippen LogP contribution in [0.1, 0.15) is 25.0 Å². The summed E-state index contributed by atoms with van der Waals surface area (Å²) in [6, 6.07) is 2.08. The van der Waals surface area contributed by atoms with Crippen LogP contribution >= 0.6 is 0 Å². The number of sulfonamides is 1. The summed E-state index contributed by atoms with van der Waals surface area (Å²) in [5.74, 6) is 0. The van der Waals surface area contributed by atoms with Crippen LogP contribution in [0.4, 0.5) is 0 Å². The smallest absolute Gasteiger partial charge is 0.244 e. The molecule has 2 fully saturated rings. The van der Waals surface area contributed by atoms with Crippen LogP contribution in [0.15, 0.2) is 17.2 Å². The Morgan fingerprint density at radius 2 is 2.00 bits per heavy atom. The highest BCUT2D eigenvalue weighted by Crippen LogP contribution is 2.27. The van der Waals surface area contributed by atoms with Gasteiger partial charge in [-0.05, 0) is 45.3 Å². The standard InChI is InChI=1S/C16H23N5O2S/c1-12-15-9-14(10-17-16(15)19(2)18-12)24(22,23)21-8-4-7-20-6-3-5-13(20)11-21/h9-10,13H,3-8,11H2,1-2H3/t13-/m0/s1. The maximum atomic E-state index is 13.1. The van der Waals surface area contributed by atoms with Crippen LogP contribution in [0, 0.1) is 6.92 Å². The average Bonchev–Trinajstić information content (AvgIpc) is 3.04. The molecule has 0 radical (unpaired) electrons. The molecule has 130 valence electrons. The molecule has 24 heavy (non-hydrogen) atoms. The van der Waals surface area contributed by atoms with Crippen LogP contribution < -0.4 is 0 Å². The fraction of sp³-hybridized carbons (Fsp3) is 0.625. The van der Waals surface area contributed by atoms with Crippen molar-refractivity contribution in [2.75, 3.05) is 26.2 Å². The van der Waals surface area contributed by atoms with Gasteiger partial charge < -0.3 is 0 Å². The molecule has 8 heteroatoms. The molecular weight excluding hydrogens is 326 g/mol. The van der Waals surface area contributed by atoms with Gasteiger partial charge in [-0.1, -0.05) is 0 Å². The van der Waals surface area contributed by atoms with Crippen molar-refractivity contribution in [3.63, 3.8) is 0 Å². The number of hydrogen-bond acceptors (Lipinski definition) is 5. The molecule has 4 heterocycles. The Kier molecular flexibility index (Phi) is 3.85. The monoisotopic (exact) mass is 349 g/mol. The number of pyridine rings is 1. The first kappa shape index (κ1) is 16.0. The molecule has 2 aromatic heterocycles. The summed E-state index contributed by atoms with van der Waals surface area (Å²) in [7, 11) is -1.70. The Bertz CT molecular complexity index is 876. The summed E-state index contributed by atoms with van der Waals surface area (Å²) >= 11 is 0. The third-order valence-electron chi connectivity index (χ3n) is 5.24. The summed E-state index contributed by atoms with van der Waals surface area (Å²) in [5, 5.41) is 5.13. The van der Waals surface area contributed by atoms with Gasteiger partial charge in [-0.25, -0.2) is 13.4 Å². The molecule has 0 bridgehead atoms. The molecule has 0 N–H and O–H groups in total. The highest BCUT2D eigenvalue weighted by Gasteiger charge is 2.34. The van der Waals surface area contributed by atoms with Gasteiger partial charge in [0, 0.05) is 37.8 Å². The quantitative estimate of drug-likeness (QED) is 0.813. The van der Waals surface area contributed by atoms with Gasteiger partial charge in [0.1, 0.15) is 4.90 Å². The molecule has 0 amide bonds. The van der Waals surface area contributed by atoms with Crippen molar-refractivity contribution < 1.29 is 8.42 Å². The second-order valence-corrected chi connectivity index (χ2v) is 8.74. The van der Waals surface area contributed by atoms with Crippen molar-refractivity contribution in [3.05, 3.63) is 18.0 Å². The van der Waals surface area contributed by atoms with Gasteiger partial charge in [-0.2, -0.15) is 9.40 Å². The number of aromatic nitrogens is 3. The van der Waals surface area contributed by atoms with Crippen molar-refractivity contribution in [1.82, 2.24) is 24.0 Å². The van der Waals surface area contributed by atoms with Gasteiger partial charge in [-0.15, -0.1) is 0 Å². The molecule has 2 aliphatic heterocycles. The second kappa shape index (κ2) is 5.79. The molecule has 7 nitrogen and oxygen atoms in total. The molecule has 0 unspecified atom stereocenters. The van der Waals surface area contributed by atoms with Gasteiger partial charge >= 0.3 is 0 Å². The van der Waals surface area contributed by atoms with Gasteiger partial charge in [0.2, 0.25) is 10.0 Å². The Morgan fingerprint density at radius 1 is 1.21 bits per heavy atom. The zero-order valence-electron chi connectivity index (χ0n) is 14.1. The topological polar surface area (TPSA) is 71.3 Å². The van der Waals surface area contributed by atoms with Gasteiger partial charge in [0.15, 0.2) is 5.65 Å². The van der Waals surface area contributed by atoms with Crippen molar-refractivity contribution in [1.29, 1.82) is 0 Å². The minimum absolute atomic E-state index is 0.276. The lowest BCUT2D eigenvalue weighted by Gasteiger charge is -2.25. The maximum absolute atomic E-state index is 13.1. The Morgan fingerprint density at radius 3 is 2.83 bits per heavy atom. The van der Waals surface area contributed by atoms with E-state index in [9.17, 15) is 8.42 Å². The van der Waals surface area contributed by atoms with Gasteiger partial charge in [0.05, 0.1) is 5.69 Å². The Hall–Kier alpha value is -1.51. The van der Waals surface area contributed by atoms with E-state index in [0.717, 1.165) is 37.0 Å². The van der Waals surface area contributed by atoms with E-state index in [4.69, 9.17) is 0 Å². The minimum Gasteiger partial charge on any atom is -0.299 e. The lowest BCUT2D eigenvalue weighted by Crippen LogP contribution is -2.39. The Labute approximate surface area is 142 Å². The van der Waals surface area contributed by atoms with Crippen LogP contribution in [-0.2, 0) is 17.1 Å². The van der Waals surface area contributed by atoms with E-state index in [1.54, 1.807) is 15.1 Å². The maximum Gasteiger partial charge on any atom is 0.244 e. The third-order valence-corrected chi connectivity index (χ3v) is 7.07. The minimum atomic E-state index is -3.52. The molecule has 0 spiro atoms. The third kappa shape index (κ3) is 2.53. The fourth-order valence-electron chi connectivity index (χ4n) is 3.97. The van der Waals surface area contributed by atoms with E-state index >= 15 is 0 Å². The van der Waals surface area contributed by atoms with Crippen molar-refractivity contribution >= 4 is 21.1 Å². The molecule has 0 aliphatic carbocycles. The first-order chi connectivity index (χ1) is 11.5. The highest BCUT2D eigenvalue weighted by atomic mass is 32.2. The molecule has 2 aliphatic rings. The van der Waals surface area contributed by atoms with Crippen LogP contribution in [-0.4, -0.2) is 64.6 Å². The summed E-state index contributed by atoms with van der Waals surface area (Å²) in [5.41, 5.74) is 1.51. The lowest BCUT2D eigenvalue weighted by atomic mass is 10.2. The second-order valence-electron chi connectivity index (χ2n) is 6.80. The average molecular weight is 349 g/mol. The van der Waals surface area contributed by atoms with E-state index in [0.29, 0.717) is 24.8 Å². The zero-order valence-corrected chi connectivity index (χ0v) is 15.0. The number of aryl methyl sites for hydroxylation is 2. The number of fused-ring (bicyclic) bond motifs is 2. The molecule has 2 saturated heterocycles. The zero-order chi connectivity index (χ0) is 16.9. The first-order valence-corrected chi connectivity index (χ1v) is 9.94. The molecule has 0 aromatic carbocycles. The van der Waals surface area contributed by atoms with E-state index in [1.807, 2.05) is 14.0 Å². The summed E-state index contributed by atoms with van der Waals surface area (Å²) in [6.45, 7) is 5.14. The summed E-state index contributed by atoms with van der Waals surface area (Å²) in [4.78, 5) is 7.05. The van der Waals surface area contributed by atoms with Gasteiger partial charge in [-0.3, -0.25) is 9.58 Å². The number of rotatable bonds is 2. The number of hydrogen-bond donors (Lipinski definition) is 0. The summed E-state index contributed by atoms with van der Waals surface area (Å²) < 4.78 is 29.6. The molecule has 4 rings (SSSR count). The molecular formula is C16H23N5O2S. The van der Waals surface area contributed by atoms with Crippen LogP contribution in [0.25, 0.3) is 11.0 Å². The van der Waals surface area contributed by atoms with E-state index in [-0.39, 0.29) is 4.90 Å². The van der Waals surface area contributed by atoms with Gasteiger partial charge in [0.25, 0.3) is 0 Å². The summed E-state index contributed by atoms with van der Waals surface area (Å²) in [6.07, 6.45) is 4.61. The molecule has 2 aromatic rings. The predicted octanol–water partition coefficient (Wildman–Crippen LogP) is 1.14. The normalized spacial score (nSPS) is 23.5. The van der Waals surface area contributed by atoms with Crippen LogP contribution in [0.5, 0.6) is 0 Å². The van der Waals surface area contributed by atoms with Crippen LogP contribution in [0.3, 0.4) is 0 Å². The Balaban J connectivity index is 1.70. The van der Waals surface area contributed by atoms with E-state index in [1.165, 1.54) is 12.6 Å². The van der Waals surface area contributed by atoms with Crippen molar-refractivity contribution in [2.45, 2.75) is 37.1 Å².